The Bertz CT molecular complexity index is 934. The van der Waals surface area contributed by atoms with E-state index in [1.54, 1.807) is 47.2 Å². The lowest BCUT2D eigenvalue weighted by Gasteiger charge is -2.14. The molecule has 2 N–H and O–H groups in total. The summed E-state index contributed by atoms with van der Waals surface area (Å²) >= 11 is 14.0. The fraction of sp³-hybridized carbons (Fsp3) is 0.235. The maximum atomic E-state index is 12.2. The second-order valence-corrected chi connectivity index (χ2v) is 7.29. The number of imidazole rings is 1. The highest BCUT2D eigenvalue weighted by Gasteiger charge is 2.19. The first-order valence-electron chi connectivity index (χ1n) is 7.74. The lowest BCUT2D eigenvalue weighted by atomic mass is 10.2. The molecule has 1 aromatic carbocycles. The number of esters is 1. The van der Waals surface area contributed by atoms with Crippen molar-refractivity contribution in [3.8, 4) is 11.6 Å². The zero-order chi connectivity index (χ0) is 18.7. The number of halogens is 2. The molecule has 1 atom stereocenters. The number of nitrogens with two attached hydrogens (primary N) is 1. The van der Waals surface area contributed by atoms with E-state index in [1.165, 1.54) is 0 Å². The third-order valence-corrected chi connectivity index (χ3v) is 5.19. The number of ether oxygens (including phenoxy) is 1. The Morgan fingerprint density at radius 3 is 2.92 bits per heavy atom. The number of pyridine rings is 1. The molecule has 0 saturated carbocycles. The number of nitrogens with zero attached hydrogens (tertiary/aromatic N) is 3. The lowest BCUT2D eigenvalue weighted by molar-refractivity contribution is -0.136. The minimum absolute atomic E-state index is 0.106. The number of aromatic nitrogens is 3. The Hall–Kier alpha value is -1.80. The molecule has 3 rings (SSSR count). The fourth-order valence-electron chi connectivity index (χ4n) is 2.40. The zero-order valence-electron chi connectivity index (χ0n) is 13.9. The number of carbonyl (C=O) groups is 1. The van der Waals surface area contributed by atoms with Crippen LogP contribution in [0.15, 0.2) is 36.9 Å². The van der Waals surface area contributed by atoms with Crippen LogP contribution in [0.5, 0.6) is 5.88 Å². The van der Waals surface area contributed by atoms with Gasteiger partial charge in [0, 0.05) is 23.8 Å². The summed E-state index contributed by atoms with van der Waals surface area (Å²) in [5.41, 5.74) is 7.02. The van der Waals surface area contributed by atoms with Crippen LogP contribution in [0.3, 0.4) is 0 Å². The highest BCUT2D eigenvalue weighted by Crippen LogP contribution is 2.34. The molecule has 0 amide bonds. The van der Waals surface area contributed by atoms with Gasteiger partial charge < -0.3 is 15.0 Å². The van der Waals surface area contributed by atoms with E-state index in [4.69, 9.17) is 33.7 Å². The molecule has 136 valence electrons. The molecule has 2 heterocycles. The normalized spacial score (nSPS) is 12.3. The van der Waals surface area contributed by atoms with Gasteiger partial charge in [0.25, 0.3) is 0 Å². The molecule has 0 bridgehead atoms. The minimum atomic E-state index is -0.716. The van der Waals surface area contributed by atoms with Gasteiger partial charge in [-0.25, -0.2) is 14.8 Å². The van der Waals surface area contributed by atoms with Crippen molar-refractivity contribution in [1.82, 2.24) is 14.5 Å². The molecule has 2 aromatic heterocycles. The van der Waals surface area contributed by atoms with Gasteiger partial charge in [0.1, 0.15) is 6.04 Å². The molecule has 0 spiro atoms. The highest BCUT2D eigenvalue weighted by molar-refractivity contribution is 7.98. The quantitative estimate of drug-likeness (QED) is 0.623. The van der Waals surface area contributed by atoms with E-state index in [0.29, 0.717) is 22.6 Å². The molecule has 0 aliphatic heterocycles. The minimum Gasteiger partial charge on any atom is -0.406 e. The Morgan fingerprint density at radius 2 is 2.23 bits per heavy atom. The van der Waals surface area contributed by atoms with E-state index in [-0.39, 0.29) is 10.9 Å². The van der Waals surface area contributed by atoms with Gasteiger partial charge in [-0.1, -0.05) is 23.2 Å². The predicted molar refractivity (Wildman–Crippen MR) is 105 cm³/mol. The maximum Gasteiger partial charge on any atom is 0.329 e. The summed E-state index contributed by atoms with van der Waals surface area (Å²) < 4.78 is 7.17. The molecule has 0 aliphatic carbocycles. The van der Waals surface area contributed by atoms with Crippen LogP contribution < -0.4 is 10.5 Å². The van der Waals surface area contributed by atoms with Crippen molar-refractivity contribution in [3.05, 3.63) is 47.0 Å². The molecule has 9 heteroatoms. The maximum absolute atomic E-state index is 12.2. The van der Waals surface area contributed by atoms with E-state index in [1.807, 2.05) is 12.3 Å². The molecule has 26 heavy (non-hydrogen) atoms. The number of fused-ring (bicyclic) bond motifs is 1. The molecule has 0 saturated heterocycles. The van der Waals surface area contributed by atoms with E-state index < -0.39 is 12.0 Å². The van der Waals surface area contributed by atoms with Gasteiger partial charge in [-0.05, 0) is 30.6 Å². The molecular formula is C17H16Cl2N4O2S. The summed E-state index contributed by atoms with van der Waals surface area (Å²) in [7, 11) is 0. The Balaban J connectivity index is 2.03. The Morgan fingerprint density at radius 1 is 1.42 bits per heavy atom. The van der Waals surface area contributed by atoms with Gasteiger partial charge in [0.15, 0.2) is 0 Å². The molecule has 0 aliphatic rings. The number of hydrogen-bond acceptors (Lipinski definition) is 6. The van der Waals surface area contributed by atoms with E-state index in [9.17, 15) is 4.79 Å². The average Bonchev–Trinajstić information content (AvgIpc) is 3.17. The van der Waals surface area contributed by atoms with Gasteiger partial charge >= 0.3 is 5.97 Å². The second-order valence-electron chi connectivity index (χ2n) is 5.52. The first-order valence-corrected chi connectivity index (χ1v) is 9.89. The van der Waals surface area contributed by atoms with E-state index in [0.717, 1.165) is 11.1 Å². The Labute approximate surface area is 164 Å². The van der Waals surface area contributed by atoms with Crippen LogP contribution in [0, 0.1) is 0 Å². The largest absolute Gasteiger partial charge is 0.406 e. The number of carbonyl (C=O) groups excluding carboxylic acids is 1. The van der Waals surface area contributed by atoms with Crippen molar-refractivity contribution in [3.63, 3.8) is 0 Å². The summed E-state index contributed by atoms with van der Waals surface area (Å²) in [4.78, 5) is 20.6. The number of thioether (sulfide) groups is 1. The third-order valence-electron chi connectivity index (χ3n) is 3.75. The molecule has 3 aromatic rings. The monoisotopic (exact) mass is 410 g/mol. The first-order chi connectivity index (χ1) is 12.5. The van der Waals surface area contributed by atoms with Crippen LogP contribution in [0.2, 0.25) is 10.0 Å². The fourth-order valence-corrected chi connectivity index (χ4v) is 3.25. The number of rotatable bonds is 6. The van der Waals surface area contributed by atoms with Crippen LogP contribution in [0.1, 0.15) is 6.42 Å². The molecule has 0 unspecified atom stereocenters. The van der Waals surface area contributed by atoms with Crippen LogP contribution in [0.25, 0.3) is 16.6 Å². The molecular weight excluding hydrogens is 395 g/mol. The summed E-state index contributed by atoms with van der Waals surface area (Å²) in [5, 5.41) is 1.40. The summed E-state index contributed by atoms with van der Waals surface area (Å²) in [6, 6.07) is 4.43. The first kappa shape index (κ1) is 19.0. The predicted octanol–water partition coefficient (Wildman–Crippen LogP) is 3.71. The lowest BCUT2D eigenvalue weighted by Crippen LogP contribution is -2.34. The van der Waals surface area contributed by atoms with Crippen molar-refractivity contribution in [1.29, 1.82) is 0 Å². The van der Waals surface area contributed by atoms with Gasteiger partial charge in [-0.2, -0.15) is 11.8 Å². The summed E-state index contributed by atoms with van der Waals surface area (Å²) in [6.45, 7) is 0. The molecule has 6 nitrogen and oxygen atoms in total. The van der Waals surface area contributed by atoms with Gasteiger partial charge in [-0.15, -0.1) is 0 Å². The average molecular weight is 411 g/mol. The number of hydrogen-bond donors (Lipinski definition) is 1. The highest BCUT2D eigenvalue weighted by atomic mass is 35.5. The molecule has 0 fully saturated rings. The van der Waals surface area contributed by atoms with Crippen LogP contribution in [-0.2, 0) is 4.79 Å². The standard InChI is InChI=1S/C17H16Cl2N4O2S/c1-26-7-4-12(20)17(24)25-14-8-13(23-6-5-21-9-23)10-2-3-11(18)15(19)16(10)22-14/h2-3,5-6,8-9,12H,4,7,20H2,1H3/t12-/m0/s1. The van der Waals surface area contributed by atoms with E-state index >= 15 is 0 Å². The van der Waals surface area contributed by atoms with Gasteiger partial charge in [0.05, 0.1) is 27.6 Å². The third kappa shape index (κ3) is 3.96. The van der Waals surface area contributed by atoms with Gasteiger partial charge in [0.2, 0.25) is 5.88 Å². The van der Waals surface area contributed by atoms with Crippen molar-refractivity contribution in [2.24, 2.45) is 5.73 Å². The SMILES string of the molecule is CSCC[C@H](N)C(=O)Oc1cc(-n2ccnc2)c2ccc(Cl)c(Cl)c2n1. The summed E-state index contributed by atoms with van der Waals surface area (Å²) in [6.07, 6.45) is 7.52. The van der Waals surface area contributed by atoms with Crippen LogP contribution in [-0.4, -0.2) is 38.6 Å². The van der Waals surface area contributed by atoms with Crippen LogP contribution in [0.4, 0.5) is 0 Å². The van der Waals surface area contributed by atoms with Crippen molar-refractivity contribution in [2.45, 2.75) is 12.5 Å². The second kappa shape index (κ2) is 8.26. The number of benzene rings is 1. The Kier molecular flexibility index (Phi) is 6.03. The summed E-state index contributed by atoms with van der Waals surface area (Å²) in [5.74, 6) is 0.332. The zero-order valence-corrected chi connectivity index (χ0v) is 16.2. The topological polar surface area (TPSA) is 83.0 Å². The van der Waals surface area contributed by atoms with Gasteiger partial charge in [-0.3, -0.25) is 0 Å². The van der Waals surface area contributed by atoms with Crippen LogP contribution >= 0.6 is 35.0 Å². The van der Waals surface area contributed by atoms with Crippen molar-refractivity contribution >= 4 is 51.8 Å². The smallest absolute Gasteiger partial charge is 0.329 e. The molecule has 0 radical (unpaired) electrons. The van der Waals surface area contributed by atoms with Crippen molar-refractivity contribution in [2.75, 3.05) is 12.0 Å². The van der Waals surface area contributed by atoms with E-state index in [2.05, 4.69) is 9.97 Å². The van der Waals surface area contributed by atoms with Crippen molar-refractivity contribution < 1.29 is 9.53 Å².